The van der Waals surface area contributed by atoms with Crippen LogP contribution < -0.4 is 0 Å². The summed E-state index contributed by atoms with van der Waals surface area (Å²) in [7, 11) is 0. The monoisotopic (exact) mass is 335 g/mol. The molecule has 0 aliphatic heterocycles. The van der Waals surface area contributed by atoms with Crippen LogP contribution in [0.5, 0.6) is 0 Å². The minimum atomic E-state index is 0.140. The first-order valence-electron chi connectivity index (χ1n) is 9.34. The zero-order chi connectivity index (χ0) is 17.9. The smallest absolute Gasteiger partial charge is 0.135 e. The maximum atomic E-state index is 11.6. The lowest BCUT2D eigenvalue weighted by atomic mass is 10.0. The fourth-order valence-corrected chi connectivity index (χ4v) is 2.49. The summed E-state index contributed by atoms with van der Waals surface area (Å²) in [6.45, 7) is 8.67. The van der Waals surface area contributed by atoms with Gasteiger partial charge in [0.05, 0.1) is 5.69 Å². The second-order valence-electron chi connectivity index (χ2n) is 7.23. The quantitative estimate of drug-likeness (QED) is 0.511. The molecule has 0 amide bonds. The maximum absolute atomic E-state index is 11.6. The highest BCUT2D eigenvalue weighted by atomic mass is 16.1. The van der Waals surface area contributed by atoms with E-state index in [0.29, 0.717) is 24.4 Å². The molecule has 0 N–H and O–H groups in total. The lowest BCUT2D eigenvalue weighted by molar-refractivity contribution is -0.122. The van der Waals surface area contributed by atoms with Crippen molar-refractivity contribution in [1.29, 1.82) is 0 Å². The summed E-state index contributed by atoms with van der Waals surface area (Å²) in [5.41, 5.74) is 1.00. The Balaban J connectivity index is 2.13. The van der Waals surface area contributed by atoms with E-state index < -0.39 is 0 Å². The van der Waals surface area contributed by atoms with Crippen LogP contribution in [0.3, 0.4) is 0 Å². The normalized spacial score (nSPS) is 11.4. The Hall–Kier alpha value is -1.52. The maximum Gasteiger partial charge on any atom is 0.135 e. The van der Waals surface area contributed by atoms with Crippen molar-refractivity contribution in [1.82, 2.24) is 15.0 Å². The number of ketones is 2. The summed E-state index contributed by atoms with van der Waals surface area (Å²) < 4.78 is 1.89. The van der Waals surface area contributed by atoms with Gasteiger partial charge in [0.2, 0.25) is 0 Å². The van der Waals surface area contributed by atoms with E-state index in [0.717, 1.165) is 50.8 Å². The van der Waals surface area contributed by atoms with Gasteiger partial charge in [0.1, 0.15) is 11.6 Å². The van der Waals surface area contributed by atoms with Crippen molar-refractivity contribution in [2.75, 3.05) is 0 Å². The highest BCUT2D eigenvalue weighted by molar-refractivity contribution is 5.80. The van der Waals surface area contributed by atoms with E-state index in [2.05, 4.69) is 10.3 Å². The average Bonchev–Trinajstić information content (AvgIpc) is 2.98. The first-order chi connectivity index (χ1) is 11.4. The molecular formula is C19H33N3O2. The van der Waals surface area contributed by atoms with Crippen molar-refractivity contribution in [2.24, 2.45) is 11.8 Å². The first-order valence-corrected chi connectivity index (χ1v) is 9.34. The molecule has 0 fully saturated rings. The number of unbranched alkanes of at least 4 members (excludes halogenated alkanes) is 3. The van der Waals surface area contributed by atoms with Gasteiger partial charge in [-0.3, -0.25) is 14.3 Å². The molecule has 1 rings (SSSR count). The van der Waals surface area contributed by atoms with E-state index in [9.17, 15) is 9.59 Å². The van der Waals surface area contributed by atoms with E-state index in [4.69, 9.17) is 0 Å². The molecule has 0 saturated carbocycles. The molecule has 1 aromatic heterocycles. The lowest BCUT2D eigenvalue weighted by Gasteiger charge is -2.04. The summed E-state index contributed by atoms with van der Waals surface area (Å²) in [6.07, 6.45) is 9.18. The Kier molecular flexibility index (Phi) is 9.50. The van der Waals surface area contributed by atoms with Crippen LogP contribution in [-0.4, -0.2) is 26.6 Å². The molecule has 24 heavy (non-hydrogen) atoms. The first kappa shape index (κ1) is 20.5. The van der Waals surface area contributed by atoms with Gasteiger partial charge in [-0.2, -0.15) is 0 Å². The Labute approximate surface area is 146 Å². The van der Waals surface area contributed by atoms with Crippen LogP contribution in [0.2, 0.25) is 0 Å². The van der Waals surface area contributed by atoms with Crippen molar-refractivity contribution < 1.29 is 9.59 Å². The van der Waals surface area contributed by atoms with Gasteiger partial charge in [0.25, 0.3) is 0 Å². The van der Waals surface area contributed by atoms with Crippen molar-refractivity contribution in [3.63, 3.8) is 0 Å². The third-order valence-electron chi connectivity index (χ3n) is 4.29. The summed E-state index contributed by atoms with van der Waals surface area (Å²) in [6, 6.07) is 0. The number of carbonyl (C=O) groups excluding carboxylic acids is 2. The highest BCUT2D eigenvalue weighted by Gasteiger charge is 2.08. The molecule has 0 bridgehead atoms. The molecule has 0 atom stereocenters. The number of hydrogen-bond acceptors (Lipinski definition) is 4. The predicted molar refractivity (Wildman–Crippen MR) is 95.7 cm³/mol. The molecule has 0 aromatic carbocycles. The second kappa shape index (κ2) is 11.1. The topological polar surface area (TPSA) is 64.8 Å². The summed E-state index contributed by atoms with van der Waals surface area (Å²) in [4.78, 5) is 23.1. The number of Topliss-reactive ketones (excluding diaryl/α,β-unsaturated/α-hetero) is 2. The SMILES string of the molecule is CC(C)C(=O)CCCCCn1cc(CCCCC(=O)C(C)C)nn1. The lowest BCUT2D eigenvalue weighted by Crippen LogP contribution is -2.06. The molecule has 0 aliphatic rings. The number of rotatable bonds is 13. The molecule has 5 nitrogen and oxygen atoms in total. The molecule has 0 aliphatic carbocycles. The molecule has 1 aromatic rings. The van der Waals surface area contributed by atoms with Crippen LogP contribution in [-0.2, 0) is 22.6 Å². The zero-order valence-electron chi connectivity index (χ0n) is 15.8. The van der Waals surface area contributed by atoms with Gasteiger partial charge in [-0.1, -0.05) is 39.3 Å². The number of carbonyl (C=O) groups is 2. The van der Waals surface area contributed by atoms with E-state index in [-0.39, 0.29) is 11.8 Å². The molecule has 0 radical (unpaired) electrons. The van der Waals surface area contributed by atoms with Gasteiger partial charge in [-0.25, -0.2) is 0 Å². The molecule has 1 heterocycles. The van der Waals surface area contributed by atoms with Crippen LogP contribution >= 0.6 is 0 Å². The Morgan fingerprint density at radius 1 is 0.917 bits per heavy atom. The molecular weight excluding hydrogens is 302 g/mol. The van der Waals surface area contributed by atoms with Crippen LogP contribution in [0.4, 0.5) is 0 Å². The van der Waals surface area contributed by atoms with Crippen molar-refractivity contribution >= 4 is 11.6 Å². The van der Waals surface area contributed by atoms with Crippen molar-refractivity contribution in [3.8, 4) is 0 Å². The summed E-state index contributed by atoms with van der Waals surface area (Å²) in [5.74, 6) is 0.990. The number of hydrogen-bond donors (Lipinski definition) is 0. The van der Waals surface area contributed by atoms with Gasteiger partial charge < -0.3 is 0 Å². The minimum absolute atomic E-state index is 0.140. The van der Waals surface area contributed by atoms with Crippen LogP contribution in [0.25, 0.3) is 0 Å². The summed E-state index contributed by atoms with van der Waals surface area (Å²) in [5, 5.41) is 8.34. The highest BCUT2D eigenvalue weighted by Crippen LogP contribution is 2.09. The molecule has 0 unspecified atom stereocenters. The fourth-order valence-electron chi connectivity index (χ4n) is 2.49. The second-order valence-corrected chi connectivity index (χ2v) is 7.23. The number of aryl methyl sites for hydroxylation is 2. The Bertz CT molecular complexity index is 506. The standard InChI is InChI=1S/C19H33N3O2/c1-15(2)18(23)11-6-5-9-13-22-14-17(20-21-22)10-7-8-12-19(24)16(3)4/h14-16H,5-13H2,1-4H3. The Morgan fingerprint density at radius 2 is 1.50 bits per heavy atom. The van der Waals surface area contributed by atoms with E-state index in [1.807, 2.05) is 38.6 Å². The molecule has 5 heteroatoms. The minimum Gasteiger partial charge on any atom is -0.299 e. The van der Waals surface area contributed by atoms with Crippen molar-refractivity contribution in [3.05, 3.63) is 11.9 Å². The number of nitrogens with zero attached hydrogens (tertiary/aromatic N) is 3. The largest absolute Gasteiger partial charge is 0.299 e. The van der Waals surface area contributed by atoms with Crippen LogP contribution in [0.15, 0.2) is 6.20 Å². The van der Waals surface area contributed by atoms with Crippen LogP contribution in [0.1, 0.15) is 78.3 Å². The van der Waals surface area contributed by atoms with Gasteiger partial charge >= 0.3 is 0 Å². The van der Waals surface area contributed by atoms with Gasteiger partial charge in [-0.15, -0.1) is 5.10 Å². The van der Waals surface area contributed by atoms with Crippen molar-refractivity contribution in [2.45, 2.75) is 85.6 Å². The molecule has 0 saturated heterocycles. The third kappa shape index (κ3) is 8.37. The number of aromatic nitrogens is 3. The van der Waals surface area contributed by atoms with Gasteiger partial charge in [0, 0.05) is 37.4 Å². The van der Waals surface area contributed by atoms with E-state index in [1.54, 1.807) is 0 Å². The van der Waals surface area contributed by atoms with Crippen LogP contribution in [0, 0.1) is 11.8 Å². The average molecular weight is 335 g/mol. The molecule has 136 valence electrons. The van der Waals surface area contributed by atoms with Gasteiger partial charge in [0.15, 0.2) is 0 Å². The van der Waals surface area contributed by atoms with Gasteiger partial charge in [-0.05, 0) is 32.1 Å². The third-order valence-corrected chi connectivity index (χ3v) is 4.29. The summed E-state index contributed by atoms with van der Waals surface area (Å²) >= 11 is 0. The Morgan fingerprint density at radius 3 is 2.08 bits per heavy atom. The fraction of sp³-hybridized carbons (Fsp3) is 0.789. The van der Waals surface area contributed by atoms with E-state index in [1.165, 1.54) is 0 Å². The van der Waals surface area contributed by atoms with E-state index >= 15 is 0 Å². The predicted octanol–water partition coefficient (Wildman–Crippen LogP) is 4.00. The zero-order valence-corrected chi connectivity index (χ0v) is 15.8. The molecule has 0 spiro atoms.